The van der Waals surface area contributed by atoms with Gasteiger partial charge in [-0.25, -0.2) is 4.98 Å². The van der Waals surface area contributed by atoms with Crippen molar-refractivity contribution < 1.29 is 14.6 Å². The fraction of sp³-hybridized carbons (Fsp3) is 0.333. The van der Waals surface area contributed by atoms with Gasteiger partial charge < -0.3 is 19.9 Å². The number of ether oxygens (including phenoxy) is 2. The van der Waals surface area contributed by atoms with Crippen molar-refractivity contribution in [3.05, 3.63) is 35.5 Å². The lowest BCUT2D eigenvalue weighted by atomic mass is 10.1. The number of hydrogen-bond donors (Lipinski definition) is 2. The summed E-state index contributed by atoms with van der Waals surface area (Å²) in [6, 6.07) is 7.61. The molecule has 0 aliphatic carbocycles. The van der Waals surface area contributed by atoms with Crippen LogP contribution < -0.4 is 14.8 Å². The second-order valence-electron chi connectivity index (χ2n) is 5.69. The molecular formula is C18H22N4O3. The van der Waals surface area contributed by atoms with Crippen LogP contribution in [0.25, 0.3) is 16.9 Å². The summed E-state index contributed by atoms with van der Waals surface area (Å²) < 4.78 is 12.4. The van der Waals surface area contributed by atoms with Crippen LogP contribution in [0.1, 0.15) is 11.3 Å². The smallest absolute Gasteiger partial charge is 0.161 e. The number of aliphatic hydroxyl groups is 1. The molecule has 0 bridgehead atoms. The molecule has 0 aliphatic rings. The number of nitrogens with one attached hydrogen (secondary N) is 1. The van der Waals surface area contributed by atoms with E-state index < -0.39 is 0 Å². The van der Waals surface area contributed by atoms with Crippen LogP contribution in [-0.2, 0) is 0 Å². The first-order valence-corrected chi connectivity index (χ1v) is 8.03. The fourth-order valence-corrected chi connectivity index (χ4v) is 2.72. The van der Waals surface area contributed by atoms with Gasteiger partial charge in [0, 0.05) is 29.4 Å². The van der Waals surface area contributed by atoms with Gasteiger partial charge in [0.2, 0.25) is 0 Å². The highest BCUT2D eigenvalue weighted by Crippen LogP contribution is 2.32. The summed E-state index contributed by atoms with van der Waals surface area (Å²) in [5.74, 6) is 2.16. The number of rotatable bonds is 6. The van der Waals surface area contributed by atoms with E-state index in [4.69, 9.17) is 14.6 Å². The van der Waals surface area contributed by atoms with Crippen LogP contribution in [0.5, 0.6) is 11.5 Å². The molecule has 0 radical (unpaired) electrons. The van der Waals surface area contributed by atoms with E-state index >= 15 is 0 Å². The first-order chi connectivity index (χ1) is 12.1. The quantitative estimate of drug-likeness (QED) is 0.716. The van der Waals surface area contributed by atoms with Crippen LogP contribution in [0.2, 0.25) is 0 Å². The number of aromatic nitrogens is 3. The molecule has 0 unspecified atom stereocenters. The summed E-state index contributed by atoms with van der Waals surface area (Å²) in [6.07, 6.45) is 0. The molecule has 0 atom stereocenters. The van der Waals surface area contributed by atoms with Crippen LogP contribution in [0, 0.1) is 13.8 Å². The van der Waals surface area contributed by atoms with Crippen LogP contribution in [0.15, 0.2) is 24.3 Å². The van der Waals surface area contributed by atoms with Gasteiger partial charge in [0.25, 0.3) is 0 Å². The first kappa shape index (κ1) is 17.0. The van der Waals surface area contributed by atoms with Crippen LogP contribution in [0.4, 0.5) is 5.82 Å². The molecule has 2 aromatic heterocycles. The van der Waals surface area contributed by atoms with Crippen LogP contribution in [-0.4, -0.2) is 47.1 Å². The third-order valence-corrected chi connectivity index (χ3v) is 4.17. The molecule has 0 spiro atoms. The summed E-state index contributed by atoms with van der Waals surface area (Å²) in [7, 11) is 3.22. The molecule has 2 N–H and O–H groups in total. The molecule has 0 amide bonds. The minimum absolute atomic E-state index is 0.0477. The Balaban J connectivity index is 2.12. The topological polar surface area (TPSA) is 80.9 Å². The molecule has 3 rings (SSSR count). The Morgan fingerprint density at radius 3 is 2.56 bits per heavy atom. The van der Waals surface area contributed by atoms with Gasteiger partial charge in [0.1, 0.15) is 5.82 Å². The van der Waals surface area contributed by atoms with E-state index in [1.807, 2.05) is 38.1 Å². The maximum absolute atomic E-state index is 9.12. The lowest BCUT2D eigenvalue weighted by Gasteiger charge is -2.12. The van der Waals surface area contributed by atoms with Gasteiger partial charge in [-0.3, -0.25) is 0 Å². The maximum atomic E-state index is 9.12. The summed E-state index contributed by atoms with van der Waals surface area (Å²) in [5.41, 5.74) is 4.36. The summed E-state index contributed by atoms with van der Waals surface area (Å²) in [6.45, 7) is 4.44. The Morgan fingerprint density at radius 2 is 1.88 bits per heavy atom. The van der Waals surface area contributed by atoms with Crippen molar-refractivity contribution in [2.24, 2.45) is 0 Å². The molecule has 0 saturated heterocycles. The minimum Gasteiger partial charge on any atom is -0.493 e. The number of aryl methyl sites for hydroxylation is 1. The van der Waals surface area contributed by atoms with Crippen molar-refractivity contribution in [1.29, 1.82) is 0 Å². The van der Waals surface area contributed by atoms with E-state index in [2.05, 4.69) is 15.4 Å². The number of methoxy groups -OCH3 is 2. The van der Waals surface area contributed by atoms with Gasteiger partial charge in [-0.05, 0) is 32.0 Å². The molecule has 0 saturated carbocycles. The molecule has 7 heteroatoms. The van der Waals surface area contributed by atoms with E-state index in [1.165, 1.54) is 0 Å². The van der Waals surface area contributed by atoms with Gasteiger partial charge in [-0.1, -0.05) is 0 Å². The van der Waals surface area contributed by atoms with Crippen molar-refractivity contribution >= 4 is 11.5 Å². The van der Waals surface area contributed by atoms with Crippen molar-refractivity contribution in [2.75, 3.05) is 32.7 Å². The Labute approximate surface area is 146 Å². The predicted molar refractivity (Wildman–Crippen MR) is 96.6 cm³/mol. The SMILES string of the molecule is COc1ccc(-c2cc3nc(C)c(C)c(NCCO)n3n2)cc1OC. The van der Waals surface area contributed by atoms with E-state index in [0.29, 0.717) is 18.0 Å². The predicted octanol–water partition coefficient (Wildman–Crippen LogP) is 2.43. The van der Waals surface area contributed by atoms with E-state index in [9.17, 15) is 0 Å². The zero-order valence-corrected chi connectivity index (χ0v) is 14.8. The number of hydrogen-bond acceptors (Lipinski definition) is 6. The number of aliphatic hydroxyl groups excluding tert-OH is 1. The first-order valence-electron chi connectivity index (χ1n) is 8.03. The largest absolute Gasteiger partial charge is 0.493 e. The average molecular weight is 342 g/mol. The molecule has 0 aliphatic heterocycles. The van der Waals surface area contributed by atoms with Crippen molar-refractivity contribution in [1.82, 2.24) is 14.6 Å². The second-order valence-corrected chi connectivity index (χ2v) is 5.69. The highest BCUT2D eigenvalue weighted by Gasteiger charge is 2.14. The molecule has 0 fully saturated rings. The van der Waals surface area contributed by atoms with Crippen LogP contribution >= 0.6 is 0 Å². The molecular weight excluding hydrogens is 320 g/mol. The monoisotopic (exact) mass is 342 g/mol. The number of benzene rings is 1. The molecule has 3 aromatic rings. The molecule has 2 heterocycles. The zero-order chi connectivity index (χ0) is 18.0. The van der Waals surface area contributed by atoms with Gasteiger partial charge in [0.15, 0.2) is 17.1 Å². The lowest BCUT2D eigenvalue weighted by Crippen LogP contribution is -2.12. The molecule has 25 heavy (non-hydrogen) atoms. The standard InChI is InChI=1S/C18H22N4O3/c1-11-12(2)20-17-10-14(21-22(17)18(11)19-7-8-23)13-5-6-15(24-3)16(9-13)25-4/h5-6,9-10,19,23H,7-8H2,1-4H3. The minimum atomic E-state index is 0.0477. The van der Waals surface area contributed by atoms with Gasteiger partial charge in [0.05, 0.1) is 26.5 Å². The molecule has 132 valence electrons. The third kappa shape index (κ3) is 3.10. The van der Waals surface area contributed by atoms with Crippen molar-refractivity contribution in [3.8, 4) is 22.8 Å². The fourth-order valence-electron chi connectivity index (χ4n) is 2.72. The average Bonchev–Trinajstić information content (AvgIpc) is 3.05. The number of anilines is 1. The van der Waals surface area contributed by atoms with Gasteiger partial charge in [-0.2, -0.15) is 9.61 Å². The Bertz CT molecular complexity index is 905. The van der Waals surface area contributed by atoms with E-state index in [0.717, 1.165) is 34.0 Å². The van der Waals surface area contributed by atoms with E-state index in [-0.39, 0.29) is 6.61 Å². The zero-order valence-electron chi connectivity index (χ0n) is 14.8. The van der Waals surface area contributed by atoms with Crippen molar-refractivity contribution in [3.63, 3.8) is 0 Å². The maximum Gasteiger partial charge on any atom is 0.161 e. The Hall–Kier alpha value is -2.80. The highest BCUT2D eigenvalue weighted by atomic mass is 16.5. The summed E-state index contributed by atoms with van der Waals surface area (Å²) in [5, 5.41) is 17.0. The normalized spacial score (nSPS) is 10.9. The summed E-state index contributed by atoms with van der Waals surface area (Å²) in [4.78, 5) is 4.61. The summed E-state index contributed by atoms with van der Waals surface area (Å²) >= 11 is 0. The second kappa shape index (κ2) is 6.98. The van der Waals surface area contributed by atoms with E-state index in [1.54, 1.807) is 18.7 Å². The van der Waals surface area contributed by atoms with Gasteiger partial charge in [-0.15, -0.1) is 0 Å². The van der Waals surface area contributed by atoms with Crippen LogP contribution in [0.3, 0.4) is 0 Å². The van der Waals surface area contributed by atoms with Crippen molar-refractivity contribution in [2.45, 2.75) is 13.8 Å². The lowest BCUT2D eigenvalue weighted by molar-refractivity contribution is 0.311. The third-order valence-electron chi connectivity index (χ3n) is 4.17. The number of nitrogens with zero attached hydrogens (tertiary/aromatic N) is 3. The Kier molecular flexibility index (Phi) is 4.76. The highest BCUT2D eigenvalue weighted by molar-refractivity contribution is 5.69. The molecule has 7 nitrogen and oxygen atoms in total. The number of fused-ring (bicyclic) bond motifs is 1. The molecule has 1 aromatic carbocycles. The van der Waals surface area contributed by atoms with Gasteiger partial charge >= 0.3 is 0 Å². The Morgan fingerprint density at radius 1 is 1.12 bits per heavy atom.